The molecule has 0 aliphatic carbocycles. The zero-order chi connectivity index (χ0) is 18.2. The maximum atomic E-state index is 12.3. The van der Waals surface area contributed by atoms with Crippen molar-refractivity contribution in [3.63, 3.8) is 0 Å². The van der Waals surface area contributed by atoms with Gasteiger partial charge in [0.05, 0.1) is 12.7 Å². The molecule has 25 heavy (non-hydrogen) atoms. The van der Waals surface area contributed by atoms with Gasteiger partial charge in [0.2, 0.25) is 0 Å². The molecule has 0 radical (unpaired) electrons. The first-order valence-electron chi connectivity index (χ1n) is 7.28. The number of halogens is 1. The van der Waals surface area contributed by atoms with Crippen LogP contribution in [0.4, 0.5) is 0 Å². The van der Waals surface area contributed by atoms with E-state index in [1.807, 2.05) is 6.07 Å². The zero-order valence-corrected chi connectivity index (χ0v) is 14.6. The molecule has 0 spiro atoms. The fourth-order valence-electron chi connectivity index (χ4n) is 1.89. The van der Waals surface area contributed by atoms with Gasteiger partial charge in [-0.2, -0.15) is 0 Å². The van der Waals surface area contributed by atoms with Gasteiger partial charge in [0.15, 0.2) is 5.76 Å². The van der Waals surface area contributed by atoms with Gasteiger partial charge in [-0.3, -0.25) is 14.4 Å². The van der Waals surface area contributed by atoms with E-state index in [-0.39, 0.29) is 24.4 Å². The molecule has 1 aromatic carbocycles. The number of amides is 2. The molecule has 0 fully saturated rings. The number of carboxylic acid groups (broad SMARTS) is 1. The van der Waals surface area contributed by atoms with Crippen molar-refractivity contribution < 1.29 is 23.9 Å². The first kappa shape index (κ1) is 18.5. The van der Waals surface area contributed by atoms with E-state index in [1.54, 1.807) is 24.3 Å². The van der Waals surface area contributed by atoms with Crippen molar-refractivity contribution in [3.8, 4) is 0 Å². The van der Waals surface area contributed by atoms with E-state index in [2.05, 4.69) is 26.6 Å². The van der Waals surface area contributed by atoms with E-state index in [9.17, 15) is 14.4 Å². The molecule has 8 heteroatoms. The molecule has 1 heterocycles. The molecule has 2 amide bonds. The lowest BCUT2D eigenvalue weighted by molar-refractivity contribution is -0.136. The molecule has 0 atom stereocenters. The Hall–Kier alpha value is -2.87. The van der Waals surface area contributed by atoms with Crippen LogP contribution >= 0.6 is 15.9 Å². The van der Waals surface area contributed by atoms with E-state index < -0.39 is 17.8 Å². The van der Waals surface area contributed by atoms with Crippen molar-refractivity contribution in [2.75, 3.05) is 6.54 Å². The third kappa shape index (κ3) is 5.92. The third-order valence-corrected chi connectivity index (χ3v) is 3.52. The highest BCUT2D eigenvalue weighted by Gasteiger charge is 2.16. The van der Waals surface area contributed by atoms with Gasteiger partial charge < -0.3 is 20.2 Å². The number of nitrogens with one attached hydrogen (secondary N) is 2. The Morgan fingerprint density at radius 1 is 1.20 bits per heavy atom. The number of carboxylic acids is 1. The quantitative estimate of drug-likeness (QED) is 0.611. The Balaban J connectivity index is 2.19. The minimum atomic E-state index is -1.03. The Kier molecular flexibility index (Phi) is 6.53. The Morgan fingerprint density at radius 2 is 2.00 bits per heavy atom. The van der Waals surface area contributed by atoms with Crippen LogP contribution in [-0.2, 0) is 9.59 Å². The van der Waals surface area contributed by atoms with Gasteiger partial charge in [0.25, 0.3) is 11.8 Å². The second-order valence-electron chi connectivity index (χ2n) is 4.94. The average Bonchev–Trinajstić information content (AvgIpc) is 3.08. The number of rotatable bonds is 7. The van der Waals surface area contributed by atoms with Crippen molar-refractivity contribution in [2.24, 2.45) is 0 Å². The van der Waals surface area contributed by atoms with Crippen molar-refractivity contribution in [2.45, 2.75) is 6.42 Å². The summed E-state index contributed by atoms with van der Waals surface area (Å²) in [5.41, 5.74) is 0.655. The number of furan rings is 1. The highest BCUT2D eigenvalue weighted by Crippen LogP contribution is 2.14. The van der Waals surface area contributed by atoms with Crippen molar-refractivity contribution in [3.05, 3.63) is 64.2 Å². The van der Waals surface area contributed by atoms with Gasteiger partial charge in [-0.15, -0.1) is 0 Å². The summed E-state index contributed by atoms with van der Waals surface area (Å²) in [4.78, 5) is 35.0. The number of benzene rings is 1. The fourth-order valence-corrected chi connectivity index (χ4v) is 2.31. The monoisotopic (exact) mass is 406 g/mol. The highest BCUT2D eigenvalue weighted by molar-refractivity contribution is 9.10. The summed E-state index contributed by atoms with van der Waals surface area (Å²) in [6.07, 6.45) is 2.61. The molecule has 0 saturated carbocycles. The molecular formula is C17H15BrN2O5. The first-order chi connectivity index (χ1) is 12.0. The van der Waals surface area contributed by atoms with Crippen molar-refractivity contribution >= 4 is 39.8 Å². The Labute approximate surface area is 151 Å². The van der Waals surface area contributed by atoms with Crippen LogP contribution in [0.25, 0.3) is 6.08 Å². The molecule has 0 aliphatic heterocycles. The Morgan fingerprint density at radius 3 is 2.64 bits per heavy atom. The van der Waals surface area contributed by atoms with Crippen LogP contribution in [0.5, 0.6) is 0 Å². The summed E-state index contributed by atoms with van der Waals surface area (Å²) in [5, 5.41) is 13.6. The number of hydrogen-bond acceptors (Lipinski definition) is 4. The van der Waals surface area contributed by atoms with E-state index in [1.165, 1.54) is 18.4 Å². The maximum absolute atomic E-state index is 12.3. The van der Waals surface area contributed by atoms with E-state index in [4.69, 9.17) is 9.52 Å². The minimum absolute atomic E-state index is 0.0233. The maximum Gasteiger partial charge on any atom is 0.305 e. The predicted molar refractivity (Wildman–Crippen MR) is 93.6 cm³/mol. The summed E-state index contributed by atoms with van der Waals surface area (Å²) in [6, 6.07) is 10.2. The zero-order valence-electron chi connectivity index (χ0n) is 13.0. The number of aliphatic carboxylic acids is 1. The summed E-state index contributed by atoms with van der Waals surface area (Å²) >= 11 is 3.33. The number of carbonyl (C=O) groups excluding carboxylic acids is 2. The standard InChI is InChI=1S/C17H15BrN2O5/c18-12-4-1-3-11(9-12)10-13(16(23)19-7-6-15(21)22)20-17(24)14-5-2-8-25-14/h1-5,8-10H,6-7H2,(H,19,23)(H,20,24)(H,21,22). The lowest BCUT2D eigenvalue weighted by Gasteiger charge is -2.10. The van der Waals surface area contributed by atoms with Crippen LogP contribution in [0.1, 0.15) is 22.5 Å². The molecular weight excluding hydrogens is 392 g/mol. The van der Waals surface area contributed by atoms with Gasteiger partial charge in [-0.05, 0) is 35.9 Å². The molecule has 1 aromatic heterocycles. The van der Waals surface area contributed by atoms with Crippen molar-refractivity contribution in [1.29, 1.82) is 0 Å². The lowest BCUT2D eigenvalue weighted by Crippen LogP contribution is -2.35. The molecule has 0 saturated heterocycles. The number of carbonyl (C=O) groups is 3. The summed E-state index contributed by atoms with van der Waals surface area (Å²) in [6.45, 7) is -0.0549. The van der Waals surface area contributed by atoms with E-state index >= 15 is 0 Å². The molecule has 0 aliphatic rings. The van der Waals surface area contributed by atoms with Crippen LogP contribution in [-0.4, -0.2) is 29.4 Å². The molecule has 2 aromatic rings. The average molecular weight is 407 g/mol. The summed E-state index contributed by atoms with van der Waals surface area (Å²) < 4.78 is 5.81. The van der Waals surface area contributed by atoms with Crippen LogP contribution < -0.4 is 10.6 Å². The van der Waals surface area contributed by atoms with Crippen molar-refractivity contribution in [1.82, 2.24) is 10.6 Å². The number of hydrogen-bond donors (Lipinski definition) is 3. The summed E-state index contributed by atoms with van der Waals surface area (Å²) in [5.74, 6) is -2.16. The van der Waals surface area contributed by atoms with Gasteiger partial charge >= 0.3 is 5.97 Å². The first-order valence-corrected chi connectivity index (χ1v) is 8.07. The van der Waals surface area contributed by atoms with Gasteiger partial charge in [0.1, 0.15) is 5.70 Å². The summed E-state index contributed by atoms with van der Waals surface area (Å²) in [7, 11) is 0. The minimum Gasteiger partial charge on any atom is -0.481 e. The highest BCUT2D eigenvalue weighted by atomic mass is 79.9. The van der Waals surface area contributed by atoms with Gasteiger partial charge in [0, 0.05) is 11.0 Å². The SMILES string of the molecule is O=C(O)CCNC(=O)C(=Cc1cccc(Br)c1)NC(=O)c1ccco1. The molecule has 7 nitrogen and oxygen atoms in total. The predicted octanol–water partition coefficient (Wildman–Crippen LogP) is 2.40. The second-order valence-corrected chi connectivity index (χ2v) is 5.86. The van der Waals surface area contributed by atoms with Crippen LogP contribution in [0.3, 0.4) is 0 Å². The second kappa shape index (κ2) is 8.84. The van der Waals surface area contributed by atoms with Gasteiger partial charge in [-0.1, -0.05) is 28.1 Å². The smallest absolute Gasteiger partial charge is 0.305 e. The van der Waals surface area contributed by atoms with Crippen LogP contribution in [0.2, 0.25) is 0 Å². The molecule has 0 unspecified atom stereocenters. The van der Waals surface area contributed by atoms with E-state index in [0.29, 0.717) is 5.56 Å². The van der Waals surface area contributed by atoms with Gasteiger partial charge in [-0.25, -0.2) is 0 Å². The fraction of sp³-hybridized carbons (Fsp3) is 0.118. The molecule has 2 rings (SSSR count). The third-order valence-electron chi connectivity index (χ3n) is 3.02. The topological polar surface area (TPSA) is 109 Å². The van der Waals surface area contributed by atoms with Crippen LogP contribution in [0.15, 0.2) is 57.2 Å². The lowest BCUT2D eigenvalue weighted by atomic mass is 10.2. The normalized spacial score (nSPS) is 11.0. The molecule has 3 N–H and O–H groups in total. The Bertz CT molecular complexity index is 799. The molecule has 130 valence electrons. The molecule has 0 bridgehead atoms. The largest absolute Gasteiger partial charge is 0.481 e. The van der Waals surface area contributed by atoms with E-state index in [0.717, 1.165) is 4.47 Å². The van der Waals surface area contributed by atoms with Crippen LogP contribution in [0, 0.1) is 0 Å².